The Hall–Kier alpha value is -1.33. The second kappa shape index (κ2) is 5.97. The number of nitrogens with one attached hydrogen (secondary N) is 1. The van der Waals surface area contributed by atoms with Gasteiger partial charge in [-0.2, -0.15) is 5.10 Å². The summed E-state index contributed by atoms with van der Waals surface area (Å²) in [5.41, 5.74) is 2.17. The van der Waals surface area contributed by atoms with Crippen molar-refractivity contribution in [1.29, 1.82) is 0 Å². The van der Waals surface area contributed by atoms with Crippen molar-refractivity contribution in [2.75, 3.05) is 0 Å². The van der Waals surface area contributed by atoms with Crippen LogP contribution in [0.4, 0.5) is 0 Å². The van der Waals surface area contributed by atoms with Crippen molar-refractivity contribution in [3.8, 4) is 5.75 Å². The third-order valence-electron chi connectivity index (χ3n) is 3.33. The van der Waals surface area contributed by atoms with Crippen LogP contribution in [0.1, 0.15) is 24.1 Å². The molecule has 1 saturated carbocycles. The Bertz CT molecular complexity index is 593. The number of ether oxygens (including phenoxy) is 1. The first kappa shape index (κ1) is 13.6. The molecule has 4 nitrogen and oxygen atoms in total. The predicted octanol–water partition coefficient (Wildman–Crippen LogP) is 3.01. The lowest BCUT2D eigenvalue weighted by molar-refractivity contribution is 0.299. The fourth-order valence-corrected chi connectivity index (χ4v) is 2.40. The van der Waals surface area contributed by atoms with Gasteiger partial charge in [-0.3, -0.25) is 4.68 Å². The summed E-state index contributed by atoms with van der Waals surface area (Å²) in [6, 6.07) is 8.78. The molecule has 0 saturated heterocycles. The van der Waals surface area contributed by atoms with E-state index in [-0.39, 0.29) is 0 Å². The number of aryl methyl sites for hydroxylation is 1. The SMILES string of the molecule is Cn1ccc(COc2ccc(Br)c(CNC3CC3)c2)n1. The van der Waals surface area contributed by atoms with Crippen LogP contribution in [-0.4, -0.2) is 15.8 Å². The van der Waals surface area contributed by atoms with Gasteiger partial charge in [0.2, 0.25) is 0 Å². The quantitative estimate of drug-likeness (QED) is 0.881. The molecule has 1 aromatic heterocycles. The van der Waals surface area contributed by atoms with Crippen LogP contribution < -0.4 is 10.1 Å². The highest BCUT2D eigenvalue weighted by Gasteiger charge is 2.20. The van der Waals surface area contributed by atoms with Crippen LogP contribution in [0, 0.1) is 0 Å². The molecule has 1 aliphatic carbocycles. The Labute approximate surface area is 127 Å². The number of hydrogen-bond acceptors (Lipinski definition) is 3. The minimum atomic E-state index is 0.498. The first-order valence-corrected chi connectivity index (χ1v) is 7.63. The van der Waals surface area contributed by atoms with E-state index in [0.717, 1.165) is 22.5 Å². The van der Waals surface area contributed by atoms with Crippen LogP contribution in [0.25, 0.3) is 0 Å². The molecule has 1 heterocycles. The summed E-state index contributed by atoms with van der Waals surface area (Å²) in [5.74, 6) is 0.881. The zero-order chi connectivity index (χ0) is 13.9. The molecule has 20 heavy (non-hydrogen) atoms. The molecule has 3 rings (SSSR count). The lowest BCUT2D eigenvalue weighted by Gasteiger charge is -2.10. The van der Waals surface area contributed by atoms with E-state index in [1.165, 1.54) is 18.4 Å². The van der Waals surface area contributed by atoms with Crippen molar-refractivity contribution in [3.63, 3.8) is 0 Å². The van der Waals surface area contributed by atoms with Crippen molar-refractivity contribution in [2.45, 2.75) is 32.0 Å². The summed E-state index contributed by atoms with van der Waals surface area (Å²) in [4.78, 5) is 0. The Morgan fingerprint density at radius 3 is 2.95 bits per heavy atom. The Morgan fingerprint density at radius 1 is 1.40 bits per heavy atom. The Kier molecular flexibility index (Phi) is 4.08. The van der Waals surface area contributed by atoms with Crippen LogP contribution in [0.3, 0.4) is 0 Å². The third-order valence-corrected chi connectivity index (χ3v) is 4.10. The topological polar surface area (TPSA) is 39.1 Å². The summed E-state index contributed by atoms with van der Waals surface area (Å²) in [6.45, 7) is 1.38. The summed E-state index contributed by atoms with van der Waals surface area (Å²) < 4.78 is 8.70. The van der Waals surface area contributed by atoms with Crippen molar-refractivity contribution >= 4 is 15.9 Å². The van der Waals surface area contributed by atoms with Crippen LogP contribution >= 0.6 is 15.9 Å². The molecule has 0 radical (unpaired) electrons. The monoisotopic (exact) mass is 335 g/mol. The standard InChI is InChI=1S/C15H18BrN3O/c1-19-7-6-13(18-19)10-20-14-4-5-15(16)11(8-14)9-17-12-2-3-12/h4-8,12,17H,2-3,9-10H2,1H3. The maximum atomic E-state index is 5.80. The highest BCUT2D eigenvalue weighted by atomic mass is 79.9. The van der Waals surface area contributed by atoms with Gasteiger partial charge in [0.05, 0.1) is 5.69 Å². The second-order valence-corrected chi connectivity index (χ2v) is 6.03. The fourth-order valence-electron chi connectivity index (χ4n) is 2.02. The van der Waals surface area contributed by atoms with Gasteiger partial charge in [-0.1, -0.05) is 15.9 Å². The minimum absolute atomic E-state index is 0.498. The van der Waals surface area contributed by atoms with E-state index in [2.05, 4.69) is 32.4 Å². The van der Waals surface area contributed by atoms with Crippen molar-refractivity contribution < 1.29 is 4.74 Å². The third kappa shape index (κ3) is 3.61. The molecular formula is C15H18BrN3O. The summed E-state index contributed by atoms with van der Waals surface area (Å²) in [7, 11) is 1.91. The number of hydrogen-bond donors (Lipinski definition) is 1. The van der Waals surface area contributed by atoms with E-state index in [0.29, 0.717) is 12.6 Å². The van der Waals surface area contributed by atoms with E-state index >= 15 is 0 Å². The molecular weight excluding hydrogens is 318 g/mol. The van der Waals surface area contributed by atoms with Gasteiger partial charge in [0.25, 0.3) is 0 Å². The molecule has 0 aliphatic heterocycles. The van der Waals surface area contributed by atoms with Crippen LogP contribution in [0.2, 0.25) is 0 Å². The fraction of sp³-hybridized carbons (Fsp3) is 0.400. The van der Waals surface area contributed by atoms with E-state index < -0.39 is 0 Å². The largest absolute Gasteiger partial charge is 0.487 e. The van der Waals surface area contributed by atoms with E-state index in [1.807, 2.05) is 31.4 Å². The first-order chi connectivity index (χ1) is 9.70. The maximum absolute atomic E-state index is 5.80. The second-order valence-electron chi connectivity index (χ2n) is 5.18. The van der Waals surface area contributed by atoms with Crippen molar-refractivity contribution in [2.24, 2.45) is 7.05 Å². The molecule has 1 aromatic carbocycles. The number of nitrogens with zero attached hydrogens (tertiary/aromatic N) is 2. The van der Waals surface area contributed by atoms with Crippen LogP contribution in [-0.2, 0) is 20.2 Å². The van der Waals surface area contributed by atoms with E-state index in [9.17, 15) is 0 Å². The van der Waals surface area contributed by atoms with Gasteiger partial charge in [-0.05, 0) is 42.7 Å². The molecule has 5 heteroatoms. The number of rotatable bonds is 6. The summed E-state index contributed by atoms with van der Waals surface area (Å²) >= 11 is 3.59. The number of halogens is 1. The normalized spacial score (nSPS) is 14.5. The van der Waals surface area contributed by atoms with Gasteiger partial charge in [0.1, 0.15) is 12.4 Å². The molecule has 2 aromatic rings. The molecule has 0 atom stereocenters. The zero-order valence-electron chi connectivity index (χ0n) is 11.5. The van der Waals surface area contributed by atoms with E-state index in [4.69, 9.17) is 4.74 Å². The summed E-state index contributed by atoms with van der Waals surface area (Å²) in [5, 5.41) is 7.82. The van der Waals surface area contributed by atoms with Crippen molar-refractivity contribution in [3.05, 3.63) is 46.2 Å². The molecule has 0 bridgehead atoms. The predicted molar refractivity (Wildman–Crippen MR) is 81.5 cm³/mol. The molecule has 1 fully saturated rings. The molecule has 0 amide bonds. The average molecular weight is 336 g/mol. The molecule has 106 valence electrons. The molecule has 0 unspecified atom stereocenters. The zero-order valence-corrected chi connectivity index (χ0v) is 13.1. The molecule has 0 spiro atoms. The van der Waals surface area contributed by atoms with Gasteiger partial charge >= 0.3 is 0 Å². The molecule has 1 N–H and O–H groups in total. The maximum Gasteiger partial charge on any atom is 0.132 e. The van der Waals surface area contributed by atoms with Gasteiger partial charge < -0.3 is 10.1 Å². The Morgan fingerprint density at radius 2 is 2.25 bits per heavy atom. The lowest BCUT2D eigenvalue weighted by atomic mass is 10.2. The lowest BCUT2D eigenvalue weighted by Crippen LogP contribution is -2.15. The highest BCUT2D eigenvalue weighted by Crippen LogP contribution is 2.25. The van der Waals surface area contributed by atoms with Gasteiger partial charge in [0, 0.05) is 30.3 Å². The van der Waals surface area contributed by atoms with Crippen LogP contribution in [0.15, 0.2) is 34.9 Å². The van der Waals surface area contributed by atoms with Gasteiger partial charge in [-0.15, -0.1) is 0 Å². The number of benzene rings is 1. The van der Waals surface area contributed by atoms with Gasteiger partial charge in [0.15, 0.2) is 0 Å². The summed E-state index contributed by atoms with van der Waals surface area (Å²) in [6.07, 6.45) is 4.52. The average Bonchev–Trinajstić information content (AvgIpc) is 3.18. The molecule has 1 aliphatic rings. The van der Waals surface area contributed by atoms with Crippen LogP contribution in [0.5, 0.6) is 5.75 Å². The number of aromatic nitrogens is 2. The van der Waals surface area contributed by atoms with Crippen molar-refractivity contribution in [1.82, 2.24) is 15.1 Å². The Balaban J connectivity index is 1.61. The smallest absolute Gasteiger partial charge is 0.132 e. The minimum Gasteiger partial charge on any atom is -0.487 e. The van der Waals surface area contributed by atoms with E-state index in [1.54, 1.807) is 4.68 Å². The first-order valence-electron chi connectivity index (χ1n) is 6.84. The van der Waals surface area contributed by atoms with Gasteiger partial charge in [-0.25, -0.2) is 0 Å². The highest BCUT2D eigenvalue weighted by molar-refractivity contribution is 9.10.